The van der Waals surface area contributed by atoms with Gasteiger partial charge in [-0.15, -0.1) is 0 Å². The van der Waals surface area contributed by atoms with E-state index in [0.717, 1.165) is 0 Å². The summed E-state index contributed by atoms with van der Waals surface area (Å²) in [6, 6.07) is 8.47. The molecule has 0 N–H and O–H groups in total. The molecule has 0 aliphatic carbocycles. The Balaban J connectivity index is 2.08. The summed E-state index contributed by atoms with van der Waals surface area (Å²) in [6.07, 6.45) is 1.44. The first-order valence-electron chi connectivity index (χ1n) is 15.2. The Hall–Kier alpha value is -4.17. The van der Waals surface area contributed by atoms with Gasteiger partial charge in [-0.05, 0) is 77.8 Å². The number of methoxy groups -OCH3 is 1. The average Bonchev–Trinajstić information content (AvgIpc) is 2.98. The van der Waals surface area contributed by atoms with Crippen LogP contribution in [0.15, 0.2) is 30.3 Å². The van der Waals surface area contributed by atoms with Crippen LogP contribution in [0.4, 0.5) is 9.18 Å². The number of halogens is 1. The lowest BCUT2D eigenvalue weighted by Gasteiger charge is -2.41. The molecular formula is C34H45FN4O6. The first-order chi connectivity index (χ1) is 21.2. The van der Waals surface area contributed by atoms with Gasteiger partial charge in [0.15, 0.2) is 0 Å². The van der Waals surface area contributed by atoms with Crippen molar-refractivity contribution in [3.8, 4) is 22.9 Å². The quantitative estimate of drug-likeness (QED) is 0.310. The SMILES string of the molecule is COCCCOc1cc(C(=O)N(C(C)C)[C@@H]2CCCN(C(=O)OC(C)(C)C)C2)c(C#N)cc1-c1cc(C(=O)N(C)C)ccc1F. The summed E-state index contributed by atoms with van der Waals surface area (Å²) in [6.45, 7) is 10.6. The standard InChI is InChI=1S/C34H45FN4O6/c1-22(2)39(25-11-9-14-38(21-25)33(42)45-34(3,4)5)32(41)26-19-30(44-16-10-15-43-8)28(18-24(26)20-36)27-17-23(12-13-29(27)35)31(40)37(6)7/h12-13,17-19,22,25H,9-11,14-16,21H2,1-8H3/t25-/m1/s1. The maximum absolute atomic E-state index is 15.3. The predicted molar refractivity (Wildman–Crippen MR) is 169 cm³/mol. The fourth-order valence-corrected chi connectivity index (χ4v) is 5.32. The normalized spacial score (nSPS) is 15.0. The van der Waals surface area contributed by atoms with Gasteiger partial charge in [-0.2, -0.15) is 5.26 Å². The van der Waals surface area contributed by atoms with E-state index in [1.807, 2.05) is 13.8 Å². The second kappa shape index (κ2) is 15.2. The lowest BCUT2D eigenvalue weighted by Crippen LogP contribution is -2.54. The fraction of sp³-hybridized carbons (Fsp3) is 0.529. The third-order valence-corrected chi connectivity index (χ3v) is 7.36. The molecule has 1 aliphatic rings. The van der Waals surface area contributed by atoms with Crippen molar-refractivity contribution in [1.29, 1.82) is 5.26 Å². The van der Waals surface area contributed by atoms with E-state index in [2.05, 4.69) is 6.07 Å². The van der Waals surface area contributed by atoms with Crippen LogP contribution in [0.3, 0.4) is 0 Å². The van der Waals surface area contributed by atoms with Gasteiger partial charge in [-0.25, -0.2) is 9.18 Å². The maximum Gasteiger partial charge on any atom is 0.410 e. The molecule has 10 nitrogen and oxygen atoms in total. The molecule has 0 spiro atoms. The van der Waals surface area contributed by atoms with E-state index in [4.69, 9.17) is 14.2 Å². The molecule has 45 heavy (non-hydrogen) atoms. The van der Waals surface area contributed by atoms with Crippen molar-refractivity contribution >= 4 is 17.9 Å². The number of likely N-dealkylation sites (tertiary alicyclic amines) is 1. The smallest absolute Gasteiger partial charge is 0.410 e. The van der Waals surface area contributed by atoms with Crippen molar-refractivity contribution in [3.05, 3.63) is 52.8 Å². The molecule has 244 valence electrons. The Labute approximate surface area is 265 Å². The number of benzene rings is 2. The first-order valence-corrected chi connectivity index (χ1v) is 15.2. The zero-order valence-corrected chi connectivity index (χ0v) is 27.6. The minimum Gasteiger partial charge on any atom is -0.493 e. The molecule has 1 heterocycles. The number of nitriles is 1. The van der Waals surface area contributed by atoms with Crippen LogP contribution in [0.2, 0.25) is 0 Å². The Bertz CT molecular complexity index is 1430. The Kier molecular flexibility index (Phi) is 11.9. The van der Waals surface area contributed by atoms with Gasteiger partial charge in [0.1, 0.15) is 17.2 Å². The Morgan fingerprint density at radius 1 is 1.09 bits per heavy atom. The number of amides is 3. The van der Waals surface area contributed by atoms with Crippen molar-refractivity contribution in [2.75, 3.05) is 47.5 Å². The zero-order chi connectivity index (χ0) is 33.5. The van der Waals surface area contributed by atoms with Crippen molar-refractivity contribution in [2.45, 2.75) is 71.6 Å². The van der Waals surface area contributed by atoms with E-state index in [1.54, 1.807) is 51.8 Å². The van der Waals surface area contributed by atoms with Crippen LogP contribution in [0.1, 0.15) is 80.2 Å². The van der Waals surface area contributed by atoms with Crippen molar-refractivity contribution in [1.82, 2.24) is 14.7 Å². The molecule has 11 heteroatoms. The highest BCUT2D eigenvalue weighted by Crippen LogP contribution is 2.36. The predicted octanol–water partition coefficient (Wildman–Crippen LogP) is 5.73. The summed E-state index contributed by atoms with van der Waals surface area (Å²) >= 11 is 0. The van der Waals surface area contributed by atoms with E-state index in [-0.39, 0.29) is 64.7 Å². The molecular weight excluding hydrogens is 579 g/mol. The monoisotopic (exact) mass is 624 g/mol. The molecule has 3 rings (SSSR count). The number of piperidine rings is 1. The number of rotatable bonds is 10. The summed E-state index contributed by atoms with van der Waals surface area (Å²) in [5.74, 6) is -1.12. The molecule has 0 saturated carbocycles. The number of nitrogens with zero attached hydrogens (tertiary/aromatic N) is 4. The number of hydrogen-bond donors (Lipinski definition) is 0. The molecule has 1 atom stereocenters. The number of hydrogen-bond acceptors (Lipinski definition) is 7. The van der Waals surface area contributed by atoms with E-state index in [0.29, 0.717) is 32.4 Å². The lowest BCUT2D eigenvalue weighted by molar-refractivity contribution is 0.00751. The molecule has 2 aromatic carbocycles. The van der Waals surface area contributed by atoms with Crippen LogP contribution >= 0.6 is 0 Å². The summed E-state index contributed by atoms with van der Waals surface area (Å²) in [7, 11) is 4.77. The summed E-state index contributed by atoms with van der Waals surface area (Å²) in [4.78, 5) is 44.5. The van der Waals surface area contributed by atoms with Crippen molar-refractivity contribution in [3.63, 3.8) is 0 Å². The molecule has 0 unspecified atom stereocenters. The van der Waals surface area contributed by atoms with Crippen LogP contribution in [0, 0.1) is 17.1 Å². The van der Waals surface area contributed by atoms with Crippen LogP contribution in [-0.2, 0) is 9.47 Å². The minimum atomic E-state index is -0.653. The largest absolute Gasteiger partial charge is 0.493 e. The Morgan fingerprint density at radius 3 is 2.40 bits per heavy atom. The van der Waals surface area contributed by atoms with Gasteiger partial charge in [-0.1, -0.05) is 0 Å². The first kappa shape index (κ1) is 35.3. The highest BCUT2D eigenvalue weighted by Gasteiger charge is 2.35. The van der Waals surface area contributed by atoms with E-state index >= 15 is 4.39 Å². The van der Waals surface area contributed by atoms with Crippen LogP contribution < -0.4 is 4.74 Å². The molecule has 1 aliphatic heterocycles. The van der Waals surface area contributed by atoms with Gasteiger partial charge < -0.3 is 28.9 Å². The zero-order valence-electron chi connectivity index (χ0n) is 27.6. The second-order valence-electron chi connectivity index (χ2n) is 12.6. The number of carbonyl (C=O) groups excluding carboxylic acids is 3. The molecule has 0 radical (unpaired) electrons. The highest BCUT2D eigenvalue weighted by atomic mass is 19.1. The molecule has 1 saturated heterocycles. The second-order valence-corrected chi connectivity index (χ2v) is 12.6. The van der Waals surface area contributed by atoms with Gasteiger partial charge in [0, 0.05) is 70.1 Å². The van der Waals surface area contributed by atoms with Crippen LogP contribution in [0.25, 0.3) is 11.1 Å². The summed E-state index contributed by atoms with van der Waals surface area (Å²) < 4.78 is 32.1. The van der Waals surface area contributed by atoms with Gasteiger partial charge in [-0.3, -0.25) is 9.59 Å². The highest BCUT2D eigenvalue weighted by molar-refractivity contribution is 5.99. The lowest BCUT2D eigenvalue weighted by atomic mass is 9.94. The number of carbonyl (C=O) groups is 3. The topological polar surface area (TPSA) is 112 Å². The molecule has 3 amide bonds. The molecule has 2 aromatic rings. The van der Waals surface area contributed by atoms with Crippen molar-refractivity contribution in [2.24, 2.45) is 0 Å². The van der Waals surface area contributed by atoms with E-state index < -0.39 is 23.4 Å². The minimum absolute atomic E-state index is 0.0356. The summed E-state index contributed by atoms with van der Waals surface area (Å²) in [5, 5.41) is 10.2. The third kappa shape index (κ3) is 8.94. The molecule has 0 bridgehead atoms. The van der Waals surface area contributed by atoms with E-state index in [9.17, 15) is 19.6 Å². The summed E-state index contributed by atoms with van der Waals surface area (Å²) in [5.41, 5.74) is 0.0651. The van der Waals surface area contributed by atoms with Crippen LogP contribution in [-0.4, -0.2) is 97.8 Å². The Morgan fingerprint density at radius 2 is 1.80 bits per heavy atom. The molecule has 0 aromatic heterocycles. The van der Waals surface area contributed by atoms with Gasteiger partial charge in [0.2, 0.25) is 0 Å². The van der Waals surface area contributed by atoms with Gasteiger partial charge in [0.05, 0.1) is 29.8 Å². The average molecular weight is 625 g/mol. The third-order valence-electron chi connectivity index (χ3n) is 7.36. The van der Waals surface area contributed by atoms with Gasteiger partial charge >= 0.3 is 6.09 Å². The molecule has 1 fully saturated rings. The van der Waals surface area contributed by atoms with E-state index in [1.165, 1.54) is 35.2 Å². The number of ether oxygens (including phenoxy) is 3. The maximum atomic E-state index is 15.3. The van der Waals surface area contributed by atoms with Crippen LogP contribution in [0.5, 0.6) is 5.75 Å². The van der Waals surface area contributed by atoms with Crippen molar-refractivity contribution < 1.29 is 33.0 Å². The van der Waals surface area contributed by atoms with Gasteiger partial charge in [0.25, 0.3) is 11.8 Å². The fourth-order valence-electron chi connectivity index (χ4n) is 5.32.